The van der Waals surface area contributed by atoms with Gasteiger partial charge in [0.2, 0.25) is 0 Å². The normalized spacial score (nSPS) is 13.1. The topological polar surface area (TPSA) is 35.2 Å². The van der Waals surface area contributed by atoms with E-state index in [-0.39, 0.29) is 0 Å². The van der Waals surface area contributed by atoms with Crippen molar-refractivity contribution in [1.29, 1.82) is 0 Å². The lowest BCUT2D eigenvalue weighted by Crippen LogP contribution is -2.19. The quantitative estimate of drug-likeness (QED) is 0.829. The molecule has 0 heterocycles. The number of rotatable bonds is 6. The molecule has 18 heavy (non-hydrogen) atoms. The van der Waals surface area contributed by atoms with Crippen molar-refractivity contribution >= 4 is 0 Å². The Morgan fingerprint density at radius 1 is 1.00 bits per heavy atom. The molecule has 0 spiro atoms. The van der Waals surface area contributed by atoms with Gasteiger partial charge in [0.25, 0.3) is 0 Å². The predicted molar refractivity (Wildman–Crippen MR) is 78.3 cm³/mol. The number of nitrogens with two attached hydrogens (primary N) is 1. The van der Waals surface area contributed by atoms with Crippen LogP contribution in [0.5, 0.6) is 5.75 Å². The fraction of sp³-hybridized carbons (Fsp3) is 0.625. The van der Waals surface area contributed by atoms with Crippen LogP contribution < -0.4 is 10.5 Å². The average molecular weight is 249 g/mol. The van der Waals surface area contributed by atoms with Crippen molar-refractivity contribution in [2.75, 3.05) is 13.2 Å². The first-order chi connectivity index (χ1) is 8.47. The maximum atomic E-state index is 6.06. The molecule has 0 aliphatic heterocycles. The minimum atomic E-state index is 0.394. The van der Waals surface area contributed by atoms with Crippen molar-refractivity contribution in [1.82, 2.24) is 0 Å². The van der Waals surface area contributed by atoms with Crippen molar-refractivity contribution in [3.05, 3.63) is 29.3 Å². The second-order valence-electron chi connectivity index (χ2n) is 5.73. The van der Waals surface area contributed by atoms with Gasteiger partial charge in [-0.1, -0.05) is 52.8 Å². The van der Waals surface area contributed by atoms with Crippen molar-refractivity contribution in [3.8, 4) is 5.75 Å². The third-order valence-corrected chi connectivity index (χ3v) is 3.23. The van der Waals surface area contributed by atoms with Crippen LogP contribution in [0.3, 0.4) is 0 Å². The van der Waals surface area contributed by atoms with Gasteiger partial charge in [0, 0.05) is 5.92 Å². The Morgan fingerprint density at radius 3 is 1.89 bits per heavy atom. The summed E-state index contributed by atoms with van der Waals surface area (Å²) in [6, 6.07) is 6.46. The van der Waals surface area contributed by atoms with Gasteiger partial charge in [0.1, 0.15) is 5.75 Å². The molecule has 0 fully saturated rings. The number of benzene rings is 1. The highest BCUT2D eigenvalue weighted by molar-refractivity contribution is 5.44. The zero-order valence-corrected chi connectivity index (χ0v) is 12.4. The van der Waals surface area contributed by atoms with E-state index in [0.717, 1.165) is 5.75 Å². The van der Waals surface area contributed by atoms with E-state index < -0.39 is 0 Å². The van der Waals surface area contributed by atoms with Crippen LogP contribution >= 0.6 is 0 Å². The van der Waals surface area contributed by atoms with Crippen molar-refractivity contribution in [3.63, 3.8) is 0 Å². The van der Waals surface area contributed by atoms with Gasteiger partial charge in [0.15, 0.2) is 0 Å². The summed E-state index contributed by atoms with van der Waals surface area (Å²) < 4.78 is 6.06. The molecule has 0 saturated heterocycles. The Bertz CT molecular complexity index is 345. The van der Waals surface area contributed by atoms with E-state index in [2.05, 4.69) is 52.8 Å². The zero-order valence-electron chi connectivity index (χ0n) is 12.4. The van der Waals surface area contributed by atoms with Crippen LogP contribution in [0.1, 0.15) is 57.6 Å². The van der Waals surface area contributed by atoms with E-state index in [1.807, 2.05) is 0 Å². The smallest absolute Gasteiger partial charge is 0.126 e. The summed E-state index contributed by atoms with van der Waals surface area (Å²) in [4.78, 5) is 0. The summed E-state index contributed by atoms with van der Waals surface area (Å²) in [7, 11) is 0. The molecule has 1 aromatic rings. The molecule has 1 atom stereocenters. The van der Waals surface area contributed by atoms with Gasteiger partial charge in [0.05, 0.1) is 6.61 Å². The van der Waals surface area contributed by atoms with E-state index in [1.165, 1.54) is 11.1 Å². The predicted octanol–water partition coefficient (Wildman–Crippen LogP) is 3.91. The molecule has 0 aliphatic rings. The molecule has 2 N–H and O–H groups in total. The maximum absolute atomic E-state index is 6.06. The summed E-state index contributed by atoms with van der Waals surface area (Å²) in [6.45, 7) is 12.3. The Kier molecular flexibility index (Phi) is 5.67. The van der Waals surface area contributed by atoms with Gasteiger partial charge in [-0.05, 0) is 29.5 Å². The maximum Gasteiger partial charge on any atom is 0.126 e. The van der Waals surface area contributed by atoms with Gasteiger partial charge in [-0.2, -0.15) is 0 Å². The summed E-state index contributed by atoms with van der Waals surface area (Å²) in [5.74, 6) is 2.42. The highest BCUT2D eigenvalue weighted by Crippen LogP contribution is 2.34. The van der Waals surface area contributed by atoms with E-state index in [4.69, 9.17) is 10.5 Å². The van der Waals surface area contributed by atoms with E-state index in [0.29, 0.717) is 30.9 Å². The number of ether oxygens (including phenoxy) is 1. The fourth-order valence-corrected chi connectivity index (χ4v) is 1.94. The molecule has 102 valence electrons. The van der Waals surface area contributed by atoms with Crippen LogP contribution in [-0.4, -0.2) is 13.2 Å². The van der Waals surface area contributed by atoms with Crippen LogP contribution in [0.25, 0.3) is 0 Å². The molecule has 1 unspecified atom stereocenters. The first kappa shape index (κ1) is 15.0. The summed E-state index contributed by atoms with van der Waals surface area (Å²) >= 11 is 0. The molecule has 1 rings (SSSR count). The lowest BCUT2D eigenvalue weighted by molar-refractivity contribution is 0.257. The molecule has 1 aromatic carbocycles. The van der Waals surface area contributed by atoms with Crippen LogP contribution in [-0.2, 0) is 0 Å². The summed E-state index contributed by atoms with van der Waals surface area (Å²) in [5, 5.41) is 0. The zero-order chi connectivity index (χ0) is 13.7. The second kappa shape index (κ2) is 6.79. The Labute approximate surface area is 112 Å². The average Bonchev–Trinajstić information content (AvgIpc) is 2.34. The molecular formula is C16H27NO. The largest absolute Gasteiger partial charge is 0.493 e. The van der Waals surface area contributed by atoms with E-state index in [9.17, 15) is 0 Å². The summed E-state index contributed by atoms with van der Waals surface area (Å²) in [5.41, 5.74) is 8.25. The molecule has 0 saturated carbocycles. The third-order valence-electron chi connectivity index (χ3n) is 3.23. The van der Waals surface area contributed by atoms with Crippen LogP contribution in [0.2, 0.25) is 0 Å². The van der Waals surface area contributed by atoms with E-state index in [1.54, 1.807) is 0 Å². The fourth-order valence-electron chi connectivity index (χ4n) is 1.94. The van der Waals surface area contributed by atoms with Gasteiger partial charge in [-0.25, -0.2) is 0 Å². The van der Waals surface area contributed by atoms with Crippen LogP contribution in [0.15, 0.2) is 18.2 Å². The van der Waals surface area contributed by atoms with Crippen LogP contribution in [0.4, 0.5) is 0 Å². The lowest BCUT2D eigenvalue weighted by Gasteiger charge is -2.21. The molecule has 0 aromatic heterocycles. The first-order valence-corrected chi connectivity index (χ1v) is 6.93. The molecule has 0 radical (unpaired) electrons. The monoisotopic (exact) mass is 249 g/mol. The standard InChI is InChI=1S/C16H27NO/c1-11(2)14-7-6-8-15(12(3)4)16(14)18-10-13(5)9-17/h6-8,11-13H,9-10,17H2,1-5H3. The number of para-hydroxylation sites is 1. The molecule has 0 amide bonds. The molecule has 2 heteroatoms. The minimum absolute atomic E-state index is 0.394. The molecule has 0 bridgehead atoms. The van der Waals surface area contributed by atoms with Crippen molar-refractivity contribution < 1.29 is 4.74 Å². The molecule has 0 aliphatic carbocycles. The molecule has 2 nitrogen and oxygen atoms in total. The number of hydrogen-bond donors (Lipinski definition) is 1. The van der Waals surface area contributed by atoms with Crippen LogP contribution in [0, 0.1) is 5.92 Å². The number of hydrogen-bond acceptors (Lipinski definition) is 2. The Hall–Kier alpha value is -1.02. The van der Waals surface area contributed by atoms with Crippen molar-refractivity contribution in [2.45, 2.75) is 46.5 Å². The second-order valence-corrected chi connectivity index (χ2v) is 5.73. The lowest BCUT2D eigenvalue weighted by atomic mass is 9.94. The first-order valence-electron chi connectivity index (χ1n) is 6.93. The Morgan fingerprint density at radius 2 is 1.50 bits per heavy atom. The van der Waals surface area contributed by atoms with Crippen molar-refractivity contribution in [2.24, 2.45) is 11.7 Å². The third kappa shape index (κ3) is 3.74. The van der Waals surface area contributed by atoms with Gasteiger partial charge >= 0.3 is 0 Å². The van der Waals surface area contributed by atoms with Gasteiger partial charge < -0.3 is 10.5 Å². The highest BCUT2D eigenvalue weighted by atomic mass is 16.5. The minimum Gasteiger partial charge on any atom is -0.493 e. The molecular weight excluding hydrogens is 222 g/mol. The highest BCUT2D eigenvalue weighted by Gasteiger charge is 2.15. The summed E-state index contributed by atoms with van der Waals surface area (Å²) in [6.07, 6.45) is 0. The Balaban J connectivity index is 3.03. The van der Waals surface area contributed by atoms with Gasteiger partial charge in [-0.3, -0.25) is 0 Å². The van der Waals surface area contributed by atoms with E-state index >= 15 is 0 Å². The SMILES string of the molecule is CC(CN)COc1c(C(C)C)cccc1C(C)C. The van der Waals surface area contributed by atoms with Gasteiger partial charge in [-0.15, -0.1) is 0 Å².